The van der Waals surface area contributed by atoms with Crippen molar-refractivity contribution in [3.8, 4) is 0 Å². The Bertz CT molecular complexity index is 390. The molecule has 2 nitrogen and oxygen atoms in total. The Morgan fingerprint density at radius 1 is 1.35 bits per heavy atom. The van der Waals surface area contributed by atoms with Gasteiger partial charge in [0.25, 0.3) is 0 Å². The van der Waals surface area contributed by atoms with Gasteiger partial charge in [0.05, 0.1) is 0 Å². The molecule has 1 fully saturated rings. The molecule has 2 rings (SSSR count). The topological polar surface area (TPSA) is 21.3 Å². The molecule has 0 bridgehead atoms. The number of ether oxygens (including phenoxy) is 1. The molecular weight excluding hydrogens is 270 g/mol. The Hall–Kier alpha value is -0.570. The van der Waals surface area contributed by atoms with Gasteiger partial charge in [-0.2, -0.15) is 0 Å². The van der Waals surface area contributed by atoms with Crippen LogP contribution >= 0.6 is 11.6 Å². The van der Waals surface area contributed by atoms with Crippen LogP contribution in [0.1, 0.15) is 38.2 Å². The van der Waals surface area contributed by atoms with E-state index < -0.39 is 0 Å². The first-order valence-corrected chi connectivity index (χ1v) is 8.21. The first-order valence-electron chi connectivity index (χ1n) is 7.83. The van der Waals surface area contributed by atoms with Crippen molar-refractivity contribution in [1.82, 2.24) is 5.32 Å². The smallest absolute Gasteiger partial charge is 0.0468 e. The maximum absolute atomic E-state index is 6.09. The summed E-state index contributed by atoms with van der Waals surface area (Å²) in [6.07, 6.45) is 5.91. The second-order valence-corrected chi connectivity index (χ2v) is 6.21. The van der Waals surface area contributed by atoms with Crippen molar-refractivity contribution in [2.75, 3.05) is 19.8 Å². The highest BCUT2D eigenvalue weighted by molar-refractivity contribution is 6.30. The molecule has 0 radical (unpaired) electrons. The maximum atomic E-state index is 6.09. The van der Waals surface area contributed by atoms with Gasteiger partial charge in [0.1, 0.15) is 0 Å². The fourth-order valence-electron chi connectivity index (χ4n) is 2.92. The lowest BCUT2D eigenvalue weighted by Crippen LogP contribution is -2.35. The van der Waals surface area contributed by atoms with Crippen LogP contribution in [0.15, 0.2) is 24.3 Å². The van der Waals surface area contributed by atoms with Crippen molar-refractivity contribution in [1.29, 1.82) is 0 Å². The molecule has 1 saturated heterocycles. The molecule has 0 saturated carbocycles. The first kappa shape index (κ1) is 15.8. The average molecular weight is 296 g/mol. The van der Waals surface area contributed by atoms with Gasteiger partial charge in [-0.05, 0) is 62.3 Å². The third-order valence-electron chi connectivity index (χ3n) is 4.01. The van der Waals surface area contributed by atoms with E-state index in [1.165, 1.54) is 31.2 Å². The van der Waals surface area contributed by atoms with E-state index in [1.54, 1.807) is 0 Å². The summed E-state index contributed by atoms with van der Waals surface area (Å²) in [4.78, 5) is 0. The number of rotatable bonds is 7. The van der Waals surface area contributed by atoms with Crippen molar-refractivity contribution in [2.24, 2.45) is 5.92 Å². The second kappa shape index (κ2) is 8.66. The summed E-state index contributed by atoms with van der Waals surface area (Å²) in [7, 11) is 0. The number of hydrogen-bond acceptors (Lipinski definition) is 2. The molecule has 20 heavy (non-hydrogen) atoms. The average Bonchev–Trinajstić information content (AvgIpc) is 2.46. The quantitative estimate of drug-likeness (QED) is 0.819. The molecule has 0 spiro atoms. The number of halogens is 1. The van der Waals surface area contributed by atoms with Gasteiger partial charge < -0.3 is 10.1 Å². The number of hydrogen-bond donors (Lipinski definition) is 1. The molecule has 0 aromatic heterocycles. The molecule has 1 aliphatic rings. The van der Waals surface area contributed by atoms with Crippen molar-refractivity contribution in [3.63, 3.8) is 0 Å². The Labute approximate surface area is 127 Å². The molecular formula is C17H26ClNO. The lowest BCUT2D eigenvalue weighted by atomic mass is 9.90. The maximum Gasteiger partial charge on any atom is 0.0468 e. The van der Waals surface area contributed by atoms with E-state index in [-0.39, 0.29) is 0 Å². The van der Waals surface area contributed by atoms with E-state index in [9.17, 15) is 0 Å². The van der Waals surface area contributed by atoms with Gasteiger partial charge in [0.2, 0.25) is 0 Å². The van der Waals surface area contributed by atoms with E-state index in [2.05, 4.69) is 24.4 Å². The SMILES string of the molecule is CCCNC(Cc1cccc(Cl)c1)CC1CCOCC1. The summed E-state index contributed by atoms with van der Waals surface area (Å²) in [6.45, 7) is 5.18. The lowest BCUT2D eigenvalue weighted by molar-refractivity contribution is 0.0605. The van der Waals surface area contributed by atoms with Gasteiger partial charge in [0, 0.05) is 24.3 Å². The molecule has 1 unspecified atom stereocenters. The number of benzene rings is 1. The number of nitrogens with one attached hydrogen (secondary N) is 1. The van der Waals surface area contributed by atoms with E-state index in [0.29, 0.717) is 6.04 Å². The Morgan fingerprint density at radius 2 is 2.15 bits per heavy atom. The van der Waals surface area contributed by atoms with Gasteiger partial charge in [-0.25, -0.2) is 0 Å². The Kier molecular flexibility index (Phi) is 6.85. The van der Waals surface area contributed by atoms with E-state index in [4.69, 9.17) is 16.3 Å². The lowest BCUT2D eigenvalue weighted by Gasteiger charge is -2.27. The van der Waals surface area contributed by atoms with E-state index >= 15 is 0 Å². The Morgan fingerprint density at radius 3 is 2.85 bits per heavy atom. The Balaban J connectivity index is 1.91. The highest BCUT2D eigenvalue weighted by Crippen LogP contribution is 2.22. The van der Waals surface area contributed by atoms with Crippen LogP contribution in [0.25, 0.3) is 0 Å². The van der Waals surface area contributed by atoms with Crippen LogP contribution in [0.2, 0.25) is 5.02 Å². The largest absolute Gasteiger partial charge is 0.381 e. The molecule has 3 heteroatoms. The fourth-order valence-corrected chi connectivity index (χ4v) is 3.13. The molecule has 0 amide bonds. The van der Waals surface area contributed by atoms with Gasteiger partial charge in [-0.1, -0.05) is 30.7 Å². The molecule has 1 N–H and O–H groups in total. The van der Waals surface area contributed by atoms with Crippen LogP contribution in [0.3, 0.4) is 0 Å². The molecule has 1 aromatic carbocycles. The third-order valence-corrected chi connectivity index (χ3v) is 4.25. The molecule has 1 aromatic rings. The molecule has 1 heterocycles. The zero-order chi connectivity index (χ0) is 14.2. The van der Waals surface area contributed by atoms with Gasteiger partial charge in [0.15, 0.2) is 0 Å². The minimum absolute atomic E-state index is 0.552. The molecule has 1 aliphatic heterocycles. The van der Waals surface area contributed by atoms with Crippen molar-refractivity contribution in [2.45, 2.75) is 45.1 Å². The van der Waals surface area contributed by atoms with Crippen LogP contribution in [0.4, 0.5) is 0 Å². The zero-order valence-electron chi connectivity index (χ0n) is 12.4. The van der Waals surface area contributed by atoms with E-state index in [1.807, 2.05) is 12.1 Å². The summed E-state index contributed by atoms with van der Waals surface area (Å²) in [5.41, 5.74) is 1.33. The molecule has 112 valence electrons. The van der Waals surface area contributed by atoms with Crippen molar-refractivity contribution >= 4 is 11.6 Å². The van der Waals surface area contributed by atoms with E-state index in [0.717, 1.165) is 37.1 Å². The zero-order valence-corrected chi connectivity index (χ0v) is 13.2. The second-order valence-electron chi connectivity index (χ2n) is 5.78. The fraction of sp³-hybridized carbons (Fsp3) is 0.647. The predicted molar refractivity (Wildman–Crippen MR) is 85.4 cm³/mol. The van der Waals surface area contributed by atoms with Gasteiger partial charge in [-0.3, -0.25) is 0 Å². The summed E-state index contributed by atoms with van der Waals surface area (Å²) < 4.78 is 5.46. The van der Waals surface area contributed by atoms with Crippen molar-refractivity contribution in [3.05, 3.63) is 34.9 Å². The minimum Gasteiger partial charge on any atom is -0.381 e. The minimum atomic E-state index is 0.552. The predicted octanol–water partition coefficient (Wildman–Crippen LogP) is 4.07. The van der Waals surface area contributed by atoms with Crippen LogP contribution in [0.5, 0.6) is 0 Å². The molecule has 0 aliphatic carbocycles. The highest BCUT2D eigenvalue weighted by atomic mass is 35.5. The summed E-state index contributed by atoms with van der Waals surface area (Å²) in [5, 5.41) is 4.54. The van der Waals surface area contributed by atoms with Crippen molar-refractivity contribution < 1.29 is 4.74 Å². The summed E-state index contributed by atoms with van der Waals surface area (Å²) in [5.74, 6) is 0.803. The highest BCUT2D eigenvalue weighted by Gasteiger charge is 2.19. The van der Waals surface area contributed by atoms with Gasteiger partial charge >= 0.3 is 0 Å². The third kappa shape index (κ3) is 5.43. The van der Waals surface area contributed by atoms with Gasteiger partial charge in [-0.15, -0.1) is 0 Å². The van der Waals surface area contributed by atoms with Crippen LogP contribution in [-0.2, 0) is 11.2 Å². The standard InChI is InChI=1S/C17H26ClNO/c1-2-8-19-17(12-14-6-9-20-10-7-14)13-15-4-3-5-16(18)11-15/h3-5,11,14,17,19H,2,6-10,12-13H2,1H3. The first-order chi connectivity index (χ1) is 9.78. The summed E-state index contributed by atoms with van der Waals surface area (Å²) >= 11 is 6.09. The summed E-state index contributed by atoms with van der Waals surface area (Å²) in [6, 6.07) is 8.81. The van der Waals surface area contributed by atoms with Crippen LogP contribution in [0, 0.1) is 5.92 Å². The van der Waals surface area contributed by atoms with Crippen LogP contribution in [-0.4, -0.2) is 25.8 Å². The monoisotopic (exact) mass is 295 g/mol. The van der Waals surface area contributed by atoms with Crippen LogP contribution < -0.4 is 5.32 Å². The molecule has 1 atom stereocenters. The normalized spacial score (nSPS) is 18.1.